The number of halogens is 2. The Morgan fingerprint density at radius 2 is 1.82 bits per heavy atom. The molecule has 0 fully saturated rings. The molecule has 0 saturated heterocycles. The molecule has 11 heteroatoms. The van der Waals surface area contributed by atoms with Crippen LogP contribution in [-0.2, 0) is 4.79 Å². The van der Waals surface area contributed by atoms with Crippen LogP contribution in [0.4, 0.5) is 5.69 Å². The minimum atomic E-state index is -0.384. The summed E-state index contributed by atoms with van der Waals surface area (Å²) in [6.45, 7) is 1.68. The summed E-state index contributed by atoms with van der Waals surface area (Å²) >= 11 is 6.98. The zero-order valence-corrected chi connectivity index (χ0v) is 26.7. The smallest absolute Gasteiger partial charge is 0.282 e. The van der Waals surface area contributed by atoms with Gasteiger partial charge in [-0.3, -0.25) is 9.59 Å². The number of nitrogens with zero attached hydrogens (tertiary/aromatic N) is 3. The lowest BCUT2D eigenvalue weighted by atomic mass is 10.2. The van der Waals surface area contributed by atoms with E-state index in [1.54, 1.807) is 30.3 Å². The number of fused-ring (bicyclic) bond motifs is 2. The average molecular weight is 716 g/mol. The van der Waals surface area contributed by atoms with Crippen LogP contribution in [-0.4, -0.2) is 35.5 Å². The number of nitrogens with one attached hydrogen (secondary N) is 1. The number of ether oxygens (including phenoxy) is 2. The zero-order chi connectivity index (χ0) is 30.8. The van der Waals surface area contributed by atoms with Crippen LogP contribution >= 0.6 is 31.9 Å². The molecule has 0 radical (unpaired) electrons. The summed E-state index contributed by atoms with van der Waals surface area (Å²) in [4.78, 5) is 31.2. The molecule has 1 amide bonds. The Balaban J connectivity index is 1.39. The topological polar surface area (TPSA) is 108 Å². The summed E-state index contributed by atoms with van der Waals surface area (Å²) in [5.41, 5.74) is 2.96. The predicted molar refractivity (Wildman–Crippen MR) is 178 cm³/mol. The maximum Gasteiger partial charge on any atom is 0.282 e. The highest BCUT2D eigenvalue weighted by Crippen LogP contribution is 2.34. The van der Waals surface area contributed by atoms with Crippen molar-refractivity contribution in [1.29, 1.82) is 0 Å². The minimum Gasteiger partial charge on any atom is -0.493 e. The second-order valence-corrected chi connectivity index (χ2v) is 11.7. The van der Waals surface area contributed by atoms with Gasteiger partial charge in [0.05, 0.1) is 24.2 Å². The Labute approximate surface area is 268 Å². The molecular weight excluding hydrogens is 692 g/mol. The van der Waals surface area contributed by atoms with Gasteiger partial charge in [-0.25, -0.2) is 4.98 Å². The first-order valence-corrected chi connectivity index (χ1v) is 15.0. The predicted octanol–water partition coefficient (Wildman–Crippen LogP) is 7.55. The first-order valence-electron chi connectivity index (χ1n) is 13.4. The lowest BCUT2D eigenvalue weighted by Gasteiger charge is -2.14. The van der Waals surface area contributed by atoms with Crippen molar-refractivity contribution in [3.63, 3.8) is 0 Å². The third-order valence-electron chi connectivity index (χ3n) is 6.72. The van der Waals surface area contributed by atoms with E-state index in [2.05, 4.69) is 42.3 Å². The molecule has 0 unspecified atom stereocenters. The highest BCUT2D eigenvalue weighted by Gasteiger charge is 2.18. The zero-order valence-electron chi connectivity index (χ0n) is 23.5. The summed E-state index contributed by atoms with van der Waals surface area (Å²) in [7, 11) is 1.50. The Morgan fingerprint density at radius 3 is 2.61 bits per heavy atom. The first-order chi connectivity index (χ1) is 21.3. The van der Waals surface area contributed by atoms with Gasteiger partial charge in [-0.05, 0) is 67.6 Å². The molecule has 0 aliphatic carbocycles. The maximum absolute atomic E-state index is 13.7. The third kappa shape index (κ3) is 6.15. The van der Waals surface area contributed by atoms with Gasteiger partial charge in [0, 0.05) is 25.6 Å². The summed E-state index contributed by atoms with van der Waals surface area (Å²) in [5, 5.41) is 8.60. The van der Waals surface area contributed by atoms with Gasteiger partial charge in [-0.2, -0.15) is 9.78 Å². The van der Waals surface area contributed by atoms with Gasteiger partial charge < -0.3 is 19.2 Å². The van der Waals surface area contributed by atoms with Gasteiger partial charge in [0.15, 0.2) is 23.9 Å². The molecule has 0 saturated carbocycles. The second-order valence-electron chi connectivity index (χ2n) is 9.84. The largest absolute Gasteiger partial charge is 0.493 e. The molecule has 0 atom stereocenters. The Bertz CT molecular complexity index is 2120. The van der Waals surface area contributed by atoms with E-state index >= 15 is 0 Å². The lowest BCUT2D eigenvalue weighted by molar-refractivity contribution is -0.118. The van der Waals surface area contributed by atoms with Crippen LogP contribution in [0, 0.1) is 6.92 Å². The van der Waals surface area contributed by atoms with Gasteiger partial charge in [0.2, 0.25) is 5.82 Å². The molecule has 220 valence electrons. The van der Waals surface area contributed by atoms with Crippen LogP contribution < -0.4 is 20.3 Å². The number of benzene rings is 4. The van der Waals surface area contributed by atoms with Crippen molar-refractivity contribution in [1.82, 2.24) is 9.66 Å². The average Bonchev–Trinajstić information content (AvgIpc) is 3.44. The van der Waals surface area contributed by atoms with Crippen molar-refractivity contribution in [2.75, 3.05) is 19.0 Å². The molecule has 2 aromatic heterocycles. The van der Waals surface area contributed by atoms with Gasteiger partial charge in [-0.15, -0.1) is 0 Å². The molecule has 6 rings (SSSR count). The monoisotopic (exact) mass is 714 g/mol. The van der Waals surface area contributed by atoms with E-state index in [1.165, 1.54) is 18.0 Å². The van der Waals surface area contributed by atoms with E-state index in [-0.39, 0.29) is 29.6 Å². The molecule has 44 heavy (non-hydrogen) atoms. The molecule has 0 aliphatic heterocycles. The second kappa shape index (κ2) is 12.5. The number of para-hydroxylation sites is 1. The first kappa shape index (κ1) is 29.3. The van der Waals surface area contributed by atoms with Crippen molar-refractivity contribution < 1.29 is 18.7 Å². The van der Waals surface area contributed by atoms with Crippen LogP contribution in [0.5, 0.6) is 11.5 Å². The quantitative estimate of drug-likeness (QED) is 0.163. The van der Waals surface area contributed by atoms with Crippen LogP contribution in [0.25, 0.3) is 33.5 Å². The molecule has 2 heterocycles. The summed E-state index contributed by atoms with van der Waals surface area (Å²) < 4.78 is 20.4. The number of methoxy groups -OCH3 is 1. The van der Waals surface area contributed by atoms with Crippen molar-refractivity contribution in [2.45, 2.75) is 6.92 Å². The van der Waals surface area contributed by atoms with Gasteiger partial charge in [0.25, 0.3) is 11.5 Å². The number of aryl methyl sites for hydroxylation is 1. The van der Waals surface area contributed by atoms with Crippen molar-refractivity contribution in [3.8, 4) is 23.1 Å². The summed E-state index contributed by atoms with van der Waals surface area (Å²) in [6, 6.07) is 25.4. The van der Waals surface area contributed by atoms with Crippen molar-refractivity contribution >= 4 is 71.5 Å². The number of anilines is 1. The van der Waals surface area contributed by atoms with E-state index in [9.17, 15) is 9.59 Å². The molecule has 0 spiro atoms. The number of carbonyl (C=O) groups is 1. The maximum atomic E-state index is 13.7. The van der Waals surface area contributed by atoms with Crippen molar-refractivity contribution in [2.24, 2.45) is 5.10 Å². The fraction of sp³-hybridized carbons (Fsp3) is 0.0909. The Hall–Kier alpha value is -4.74. The summed E-state index contributed by atoms with van der Waals surface area (Å²) in [5.74, 6) is 0.885. The molecule has 9 nitrogen and oxygen atoms in total. The van der Waals surface area contributed by atoms with Crippen LogP contribution in [0.3, 0.4) is 0 Å². The summed E-state index contributed by atoms with van der Waals surface area (Å²) in [6.07, 6.45) is 1.46. The number of furan rings is 1. The van der Waals surface area contributed by atoms with Crippen LogP contribution in [0.2, 0.25) is 0 Å². The number of amides is 1. The fourth-order valence-electron chi connectivity index (χ4n) is 4.60. The van der Waals surface area contributed by atoms with Gasteiger partial charge in [-0.1, -0.05) is 61.7 Å². The minimum absolute atomic E-state index is 0.221. The third-order valence-corrected chi connectivity index (χ3v) is 7.67. The van der Waals surface area contributed by atoms with E-state index in [4.69, 9.17) is 18.9 Å². The molecule has 1 N–H and O–H groups in total. The van der Waals surface area contributed by atoms with Crippen molar-refractivity contribution in [3.05, 3.63) is 115 Å². The van der Waals surface area contributed by atoms with Gasteiger partial charge in [0.1, 0.15) is 5.58 Å². The van der Waals surface area contributed by atoms with Crippen LogP contribution in [0.15, 0.2) is 108 Å². The van der Waals surface area contributed by atoms with E-state index in [0.717, 1.165) is 15.4 Å². The fourth-order valence-corrected chi connectivity index (χ4v) is 5.43. The molecule has 0 aliphatic rings. The SMILES string of the molecule is COc1cc(Br)cc(C=Nn2c(-c3cc4cc(Br)ccc4o3)nc3ccccc3c2=O)c1OCC(=O)Nc1ccc(C)cc1. The van der Waals surface area contributed by atoms with E-state index < -0.39 is 0 Å². The number of hydrogen-bond donors (Lipinski definition) is 1. The number of rotatable bonds is 8. The highest BCUT2D eigenvalue weighted by atomic mass is 79.9. The Morgan fingerprint density at radius 1 is 1.02 bits per heavy atom. The van der Waals surface area contributed by atoms with Crippen LogP contribution in [0.1, 0.15) is 11.1 Å². The van der Waals surface area contributed by atoms with E-state index in [0.29, 0.717) is 43.7 Å². The van der Waals surface area contributed by atoms with E-state index in [1.807, 2.05) is 61.5 Å². The Kier molecular flexibility index (Phi) is 8.32. The molecule has 4 aromatic carbocycles. The number of aromatic nitrogens is 2. The molecule has 0 bridgehead atoms. The van der Waals surface area contributed by atoms with Gasteiger partial charge >= 0.3 is 0 Å². The number of hydrogen-bond acceptors (Lipinski definition) is 7. The lowest BCUT2D eigenvalue weighted by Crippen LogP contribution is -2.21. The molecular formula is C33H24Br2N4O5. The highest BCUT2D eigenvalue weighted by molar-refractivity contribution is 9.10. The standard InChI is InChI=1S/C33H24Br2N4O5/c1-19-7-10-24(11-8-19)37-30(40)18-43-31-21(14-23(35)16-28(31)42-2)17-36-39-32(38-26-6-4-3-5-25(26)33(39)41)29-15-20-13-22(34)9-12-27(20)44-29/h3-17H,18H2,1-2H3,(H,37,40). The number of carbonyl (C=O) groups excluding carboxylic acids is 1. The molecule has 6 aromatic rings. The normalized spacial score (nSPS) is 11.4.